The number of rotatable bonds is 7. The molecule has 1 atom stereocenters. The first-order chi connectivity index (χ1) is 15.5. The summed E-state index contributed by atoms with van der Waals surface area (Å²) in [6.45, 7) is 3.60. The average molecular weight is 430 g/mol. The summed E-state index contributed by atoms with van der Waals surface area (Å²) in [5.41, 5.74) is 2.17. The molecule has 0 fully saturated rings. The third-order valence-electron chi connectivity index (χ3n) is 4.84. The summed E-state index contributed by atoms with van der Waals surface area (Å²) in [5.74, 6) is 0.542. The van der Waals surface area contributed by atoms with Crippen molar-refractivity contribution in [2.24, 2.45) is 0 Å². The van der Waals surface area contributed by atoms with Gasteiger partial charge in [0.05, 0.1) is 12.0 Å². The zero-order valence-corrected chi connectivity index (χ0v) is 17.7. The van der Waals surface area contributed by atoms with Crippen LogP contribution in [0.25, 0.3) is 22.1 Å². The van der Waals surface area contributed by atoms with E-state index in [4.69, 9.17) is 18.6 Å². The predicted molar refractivity (Wildman–Crippen MR) is 121 cm³/mol. The van der Waals surface area contributed by atoms with Crippen LogP contribution in [0.1, 0.15) is 13.8 Å². The molecule has 6 heteroatoms. The fourth-order valence-electron chi connectivity index (χ4n) is 3.22. The lowest BCUT2D eigenvalue weighted by Crippen LogP contribution is -2.26. The van der Waals surface area contributed by atoms with Gasteiger partial charge in [-0.1, -0.05) is 42.5 Å². The summed E-state index contributed by atoms with van der Waals surface area (Å²) < 4.78 is 21.9. The third-order valence-corrected chi connectivity index (χ3v) is 4.84. The molecule has 0 spiro atoms. The predicted octanol–water partition coefficient (Wildman–Crippen LogP) is 5.58. The molecule has 1 heterocycles. The molecule has 162 valence electrons. The number of fused-ring (bicyclic) bond motifs is 1. The van der Waals surface area contributed by atoms with Crippen LogP contribution in [0.2, 0.25) is 0 Å². The van der Waals surface area contributed by atoms with Crippen molar-refractivity contribution in [3.8, 4) is 28.4 Å². The standard InChI is InChI=1S/C26H22O6/c1-3-29-26(28)17(2)31-21-13-14-22-23(15-21)30-16-24(25(22)27)32-20-11-9-19(10-12-20)18-7-5-4-6-8-18/h4-17H,3H2,1-2H3/t17-/m1/s1. The van der Waals surface area contributed by atoms with Crippen LogP contribution in [-0.4, -0.2) is 18.7 Å². The molecule has 4 rings (SSSR count). The summed E-state index contributed by atoms with van der Waals surface area (Å²) in [5, 5.41) is 0.347. The number of esters is 1. The van der Waals surface area contributed by atoms with Crippen LogP contribution in [-0.2, 0) is 9.53 Å². The van der Waals surface area contributed by atoms with Crippen LogP contribution in [0, 0.1) is 0 Å². The van der Waals surface area contributed by atoms with Crippen molar-refractivity contribution >= 4 is 16.9 Å². The van der Waals surface area contributed by atoms with Gasteiger partial charge < -0.3 is 18.6 Å². The smallest absolute Gasteiger partial charge is 0.347 e. The molecule has 0 radical (unpaired) electrons. The molecule has 0 saturated heterocycles. The normalized spacial score (nSPS) is 11.7. The van der Waals surface area contributed by atoms with Gasteiger partial charge in [-0.2, -0.15) is 0 Å². The van der Waals surface area contributed by atoms with E-state index < -0.39 is 12.1 Å². The van der Waals surface area contributed by atoms with Gasteiger partial charge in [0.1, 0.15) is 23.3 Å². The van der Waals surface area contributed by atoms with E-state index >= 15 is 0 Å². The van der Waals surface area contributed by atoms with Gasteiger partial charge in [-0.05, 0) is 49.2 Å². The summed E-state index contributed by atoms with van der Waals surface area (Å²) in [7, 11) is 0. The Morgan fingerprint density at radius 1 is 0.938 bits per heavy atom. The van der Waals surface area contributed by atoms with E-state index in [0.29, 0.717) is 22.5 Å². The van der Waals surface area contributed by atoms with Crippen LogP contribution in [0.4, 0.5) is 0 Å². The van der Waals surface area contributed by atoms with E-state index in [1.807, 2.05) is 42.5 Å². The molecule has 0 saturated carbocycles. The van der Waals surface area contributed by atoms with Gasteiger partial charge in [0.25, 0.3) is 0 Å². The zero-order chi connectivity index (χ0) is 22.5. The summed E-state index contributed by atoms with van der Waals surface area (Å²) in [4.78, 5) is 24.6. The number of carbonyl (C=O) groups excluding carboxylic acids is 1. The zero-order valence-electron chi connectivity index (χ0n) is 17.7. The molecule has 0 aliphatic heterocycles. The van der Waals surface area contributed by atoms with E-state index in [1.54, 1.807) is 44.2 Å². The Balaban J connectivity index is 1.52. The lowest BCUT2D eigenvalue weighted by molar-refractivity contribution is -0.150. The number of hydrogen-bond donors (Lipinski definition) is 0. The number of hydrogen-bond acceptors (Lipinski definition) is 6. The maximum atomic E-state index is 12.8. The monoisotopic (exact) mass is 430 g/mol. The topological polar surface area (TPSA) is 75.0 Å². The Labute approximate surface area is 185 Å². The van der Waals surface area contributed by atoms with Gasteiger partial charge in [0.2, 0.25) is 11.2 Å². The third kappa shape index (κ3) is 4.64. The second-order valence-corrected chi connectivity index (χ2v) is 7.09. The molecule has 4 aromatic rings. The second kappa shape index (κ2) is 9.39. The Morgan fingerprint density at radius 2 is 1.62 bits per heavy atom. The molecular formula is C26H22O6. The number of benzene rings is 3. The van der Waals surface area contributed by atoms with Gasteiger partial charge in [0.15, 0.2) is 6.10 Å². The minimum atomic E-state index is -0.777. The van der Waals surface area contributed by atoms with Crippen LogP contribution in [0.5, 0.6) is 17.2 Å². The summed E-state index contributed by atoms with van der Waals surface area (Å²) in [6.07, 6.45) is 0.495. The molecule has 1 aromatic heterocycles. The largest absolute Gasteiger partial charge is 0.479 e. The molecule has 0 aliphatic carbocycles. The maximum absolute atomic E-state index is 12.8. The van der Waals surface area contributed by atoms with Crippen molar-refractivity contribution in [3.05, 3.63) is 89.3 Å². The fraction of sp³-hybridized carbons (Fsp3) is 0.154. The van der Waals surface area contributed by atoms with Crippen molar-refractivity contribution in [1.82, 2.24) is 0 Å². The molecule has 0 unspecified atom stereocenters. The average Bonchev–Trinajstić information content (AvgIpc) is 2.82. The second-order valence-electron chi connectivity index (χ2n) is 7.09. The number of carbonyl (C=O) groups is 1. The molecule has 32 heavy (non-hydrogen) atoms. The SMILES string of the molecule is CCOC(=O)[C@@H](C)Oc1ccc2c(=O)c(Oc3ccc(-c4ccccc4)cc3)coc2c1. The van der Waals surface area contributed by atoms with Gasteiger partial charge in [-0.25, -0.2) is 4.79 Å². The van der Waals surface area contributed by atoms with Crippen molar-refractivity contribution in [2.45, 2.75) is 20.0 Å². The maximum Gasteiger partial charge on any atom is 0.347 e. The lowest BCUT2D eigenvalue weighted by atomic mass is 10.1. The Hall–Kier alpha value is -4.06. The minimum absolute atomic E-state index is 0.0820. The minimum Gasteiger partial charge on any atom is -0.479 e. The van der Waals surface area contributed by atoms with Crippen LogP contribution >= 0.6 is 0 Å². The molecule has 0 bridgehead atoms. The van der Waals surface area contributed by atoms with E-state index in [2.05, 4.69) is 0 Å². The first kappa shape index (κ1) is 21.2. The van der Waals surface area contributed by atoms with Crippen LogP contribution < -0.4 is 14.9 Å². The van der Waals surface area contributed by atoms with Gasteiger partial charge in [-0.3, -0.25) is 4.79 Å². The van der Waals surface area contributed by atoms with E-state index in [0.717, 1.165) is 11.1 Å². The molecule has 0 amide bonds. The summed E-state index contributed by atoms with van der Waals surface area (Å²) >= 11 is 0. The summed E-state index contributed by atoms with van der Waals surface area (Å²) in [6, 6.07) is 22.2. The van der Waals surface area contributed by atoms with E-state index in [9.17, 15) is 9.59 Å². The lowest BCUT2D eigenvalue weighted by Gasteiger charge is -2.13. The van der Waals surface area contributed by atoms with Crippen LogP contribution in [0.15, 0.2) is 88.3 Å². The first-order valence-electron chi connectivity index (χ1n) is 10.3. The number of ether oxygens (including phenoxy) is 3. The molecule has 0 N–H and O–H groups in total. The Kier molecular flexibility index (Phi) is 6.22. The van der Waals surface area contributed by atoms with Crippen molar-refractivity contribution < 1.29 is 23.4 Å². The highest BCUT2D eigenvalue weighted by Crippen LogP contribution is 2.27. The van der Waals surface area contributed by atoms with Crippen molar-refractivity contribution in [3.63, 3.8) is 0 Å². The van der Waals surface area contributed by atoms with E-state index in [1.165, 1.54) is 6.26 Å². The highest BCUT2D eigenvalue weighted by atomic mass is 16.6. The van der Waals surface area contributed by atoms with Gasteiger partial charge >= 0.3 is 5.97 Å². The van der Waals surface area contributed by atoms with Crippen LogP contribution in [0.3, 0.4) is 0 Å². The first-order valence-corrected chi connectivity index (χ1v) is 10.3. The molecule has 0 aliphatic rings. The Bertz CT molecular complexity index is 1280. The fourth-order valence-corrected chi connectivity index (χ4v) is 3.22. The highest BCUT2D eigenvalue weighted by molar-refractivity contribution is 5.79. The Morgan fingerprint density at radius 3 is 2.34 bits per heavy atom. The molecular weight excluding hydrogens is 408 g/mol. The highest BCUT2D eigenvalue weighted by Gasteiger charge is 2.17. The van der Waals surface area contributed by atoms with Crippen molar-refractivity contribution in [2.75, 3.05) is 6.61 Å². The molecule has 3 aromatic carbocycles. The van der Waals surface area contributed by atoms with Gasteiger partial charge in [0, 0.05) is 6.07 Å². The van der Waals surface area contributed by atoms with Gasteiger partial charge in [-0.15, -0.1) is 0 Å². The van der Waals surface area contributed by atoms with E-state index in [-0.39, 0.29) is 17.8 Å². The quantitative estimate of drug-likeness (QED) is 0.356. The van der Waals surface area contributed by atoms with Crippen molar-refractivity contribution in [1.29, 1.82) is 0 Å². The molecule has 6 nitrogen and oxygen atoms in total.